The van der Waals surface area contributed by atoms with Crippen LogP contribution in [-0.4, -0.2) is 161 Å². The molecule has 3 fully saturated rings. The standard InChI is InChI=1S/C22H21F3N2O5S.C22H22F2N2O5S.C19H18ClFN4O4S/c23-18-9-14(10-19(24)20(18)25)26-21(29)17-11-15(8-13-2-1-3-16(13)17)33(31,32)27-6-4-22(30,12-28)5-7-27;23-19-5-4-15(11-20(19)24)25-21(28)18-12-16(10-14-2-1-3-17(14)18)32(30,31)26-8-6-22(29,13-27)7-9-26;20-14-9-12(1-2-15(14)21)24-19(27)11-7-16-18(23-10-22-16)17(8-11)30(28,29)25-5-3-13(26)4-6-25/h1,3,8-11,28,30H,2,4-7,12H2,(H,26,29);1,3-5,10-12,27,29H,2,6-9,13H2,(H,25,28);1-2,7-10,13,26H,3-6H2,(H,22,23)(H,24,27). The number of hydrogen-bond donors (Lipinski definition) is 9. The van der Waals surface area contributed by atoms with Gasteiger partial charge in [-0.3, -0.25) is 14.4 Å². The monoisotopic (exact) mass is 1400 g/mol. The van der Waals surface area contributed by atoms with E-state index in [-0.39, 0.29) is 124 Å². The van der Waals surface area contributed by atoms with Crippen LogP contribution in [0.3, 0.4) is 0 Å². The summed E-state index contributed by atoms with van der Waals surface area (Å²) >= 11 is 5.75. The van der Waals surface area contributed by atoms with Crippen LogP contribution in [0.15, 0.2) is 118 Å². The van der Waals surface area contributed by atoms with Crippen LogP contribution in [0.1, 0.15) is 91.9 Å². The predicted molar refractivity (Wildman–Crippen MR) is 336 cm³/mol. The molecule has 0 unspecified atom stereocenters. The van der Waals surface area contributed by atoms with Gasteiger partial charge < -0.3 is 46.5 Å². The number of fused-ring (bicyclic) bond motifs is 3. The summed E-state index contributed by atoms with van der Waals surface area (Å²) in [4.78, 5) is 45.2. The lowest BCUT2D eigenvalue weighted by molar-refractivity contribution is -0.0482. The van der Waals surface area contributed by atoms with Crippen molar-refractivity contribution in [2.45, 2.75) is 83.4 Å². The van der Waals surface area contributed by atoms with Crippen molar-refractivity contribution in [3.63, 3.8) is 0 Å². The Balaban J connectivity index is 0.000000155. The van der Waals surface area contributed by atoms with Gasteiger partial charge in [-0.25, -0.2) is 56.6 Å². The number of aromatic amines is 1. The van der Waals surface area contributed by atoms with E-state index in [9.17, 15) is 91.5 Å². The van der Waals surface area contributed by atoms with Crippen LogP contribution >= 0.6 is 11.6 Å². The second-order valence-electron chi connectivity index (χ2n) is 23.2. The summed E-state index contributed by atoms with van der Waals surface area (Å²) in [6.07, 6.45) is 9.58. The number of H-pyrrole nitrogens is 1. The Labute approximate surface area is 545 Å². The fourth-order valence-corrected chi connectivity index (χ4v) is 16.1. The highest BCUT2D eigenvalue weighted by atomic mass is 35.5. The molecule has 22 nitrogen and oxygen atoms in total. The smallest absolute Gasteiger partial charge is 0.256 e. The number of amides is 3. The number of aliphatic hydroxyl groups is 5. The minimum absolute atomic E-state index is 0.00953. The van der Waals surface area contributed by atoms with Crippen molar-refractivity contribution >= 4 is 99.6 Å². The topological polar surface area (TPSA) is 329 Å². The molecule has 4 heterocycles. The number of carbonyl (C=O) groups is 3. The number of rotatable bonds is 14. The number of aliphatic hydroxyl groups excluding tert-OH is 3. The number of aromatic nitrogens is 2. The van der Waals surface area contributed by atoms with Crippen molar-refractivity contribution in [2.24, 2.45) is 0 Å². The molecule has 7 aromatic rings. The van der Waals surface area contributed by atoms with Gasteiger partial charge in [-0.2, -0.15) is 12.9 Å². The average molecular weight is 1400 g/mol. The van der Waals surface area contributed by atoms with Crippen LogP contribution in [0.5, 0.6) is 0 Å². The average Bonchev–Trinajstić information content (AvgIpc) is 1.77. The molecule has 12 rings (SSSR count). The van der Waals surface area contributed by atoms with E-state index in [0.29, 0.717) is 65.6 Å². The van der Waals surface area contributed by atoms with Gasteiger partial charge in [0.05, 0.1) is 57.2 Å². The lowest BCUT2D eigenvalue weighted by atomic mass is 9.94. The zero-order chi connectivity index (χ0) is 68.5. The molecular weight excluding hydrogens is 1340 g/mol. The first-order valence-corrected chi connectivity index (χ1v) is 34.1. The second kappa shape index (κ2) is 28.0. The third-order valence-electron chi connectivity index (χ3n) is 16.8. The summed E-state index contributed by atoms with van der Waals surface area (Å²) in [5.74, 6) is -9.43. The minimum Gasteiger partial charge on any atom is -0.393 e. The van der Waals surface area contributed by atoms with Crippen LogP contribution < -0.4 is 16.0 Å². The number of halogens is 7. The van der Waals surface area contributed by atoms with Crippen molar-refractivity contribution in [2.75, 3.05) is 68.4 Å². The number of benzene rings is 6. The maximum Gasteiger partial charge on any atom is 0.256 e. The molecule has 0 saturated carbocycles. The molecule has 1 aromatic heterocycles. The Bertz CT molecular complexity index is 4570. The van der Waals surface area contributed by atoms with Crippen molar-refractivity contribution in [3.05, 3.63) is 182 Å². The van der Waals surface area contributed by atoms with E-state index in [1.165, 1.54) is 73.8 Å². The largest absolute Gasteiger partial charge is 0.393 e. The summed E-state index contributed by atoms with van der Waals surface area (Å²) < 4.78 is 163. The molecule has 0 atom stereocenters. The van der Waals surface area contributed by atoms with Gasteiger partial charge in [0.1, 0.15) is 16.2 Å². The summed E-state index contributed by atoms with van der Waals surface area (Å²) in [5.41, 5.74) is 0.412. The number of piperidine rings is 3. The fraction of sp³-hybridized carbons (Fsp3) is 0.302. The molecule has 504 valence electrons. The van der Waals surface area contributed by atoms with E-state index >= 15 is 0 Å². The van der Waals surface area contributed by atoms with Gasteiger partial charge in [-0.05, 0) is 140 Å². The number of allylic oxidation sites excluding steroid dienone is 2. The molecule has 32 heteroatoms. The molecule has 3 saturated heterocycles. The summed E-state index contributed by atoms with van der Waals surface area (Å²) in [5, 5.41) is 55.8. The molecule has 0 bridgehead atoms. The molecule has 3 aliphatic heterocycles. The number of imidazole rings is 1. The molecule has 0 radical (unpaired) electrons. The number of carbonyl (C=O) groups excluding carboxylic acids is 3. The number of sulfonamides is 3. The quantitative estimate of drug-likeness (QED) is 0.0376. The van der Waals surface area contributed by atoms with Crippen molar-refractivity contribution in [1.82, 2.24) is 22.9 Å². The van der Waals surface area contributed by atoms with Gasteiger partial charge in [0.15, 0.2) is 29.1 Å². The maximum atomic E-state index is 13.5. The van der Waals surface area contributed by atoms with Crippen LogP contribution in [0.4, 0.5) is 43.4 Å². The summed E-state index contributed by atoms with van der Waals surface area (Å²) in [7, 11) is -11.9. The Hall–Kier alpha value is -7.92. The lowest BCUT2D eigenvalue weighted by Crippen LogP contribution is -2.48. The Morgan fingerprint density at radius 3 is 1.49 bits per heavy atom. The van der Waals surface area contributed by atoms with Crippen LogP contribution in [-0.2, 0) is 42.9 Å². The van der Waals surface area contributed by atoms with Crippen LogP contribution in [0, 0.1) is 34.9 Å². The SMILES string of the molecule is O=C(Nc1cc(F)c(F)c(F)c1)c1cc(S(=O)(=O)N2CCC(O)(CO)CC2)cc2c1C=CC2.O=C(Nc1ccc(F)c(Cl)c1)c1cc(S(=O)(=O)N2CCC(O)CC2)c2nc[nH]c2c1.O=C(Nc1ccc(F)c(F)c1)c1cc(S(=O)(=O)N2CCC(O)(CO)CC2)cc2c1C=CC2. The lowest BCUT2D eigenvalue weighted by Gasteiger charge is -2.36. The van der Waals surface area contributed by atoms with Crippen molar-refractivity contribution < 1.29 is 91.5 Å². The summed E-state index contributed by atoms with van der Waals surface area (Å²) in [6.45, 7) is -0.509. The van der Waals surface area contributed by atoms with Crippen LogP contribution in [0.25, 0.3) is 23.2 Å². The fourth-order valence-electron chi connectivity index (χ4n) is 11.2. The molecule has 3 amide bonds. The van der Waals surface area contributed by atoms with Gasteiger partial charge in [-0.15, -0.1) is 0 Å². The Morgan fingerprint density at radius 1 is 0.558 bits per heavy atom. The van der Waals surface area contributed by atoms with Gasteiger partial charge >= 0.3 is 0 Å². The molecule has 95 heavy (non-hydrogen) atoms. The highest BCUT2D eigenvalue weighted by Gasteiger charge is 2.40. The summed E-state index contributed by atoms with van der Waals surface area (Å²) in [6, 6.07) is 16.1. The molecule has 9 N–H and O–H groups in total. The van der Waals surface area contributed by atoms with E-state index in [0.717, 1.165) is 18.2 Å². The zero-order valence-electron chi connectivity index (χ0n) is 49.9. The van der Waals surface area contributed by atoms with Gasteiger partial charge in [0.25, 0.3) is 17.7 Å². The minimum atomic E-state index is -4.03. The highest BCUT2D eigenvalue weighted by molar-refractivity contribution is 7.89. The first kappa shape index (κ1) is 69.9. The zero-order valence-corrected chi connectivity index (χ0v) is 53.1. The van der Waals surface area contributed by atoms with E-state index in [1.807, 2.05) is 0 Å². The van der Waals surface area contributed by atoms with Crippen molar-refractivity contribution in [1.29, 1.82) is 0 Å². The predicted octanol–water partition coefficient (Wildman–Crippen LogP) is 7.48. The normalized spacial score (nSPS) is 17.3. The first-order valence-electron chi connectivity index (χ1n) is 29.4. The second-order valence-corrected chi connectivity index (χ2v) is 29.3. The third-order valence-corrected chi connectivity index (χ3v) is 22.7. The number of hydrogen-bond acceptors (Lipinski definition) is 15. The molecular formula is C63H61ClF6N8O14S3. The van der Waals surface area contributed by atoms with E-state index in [2.05, 4.69) is 25.9 Å². The molecule has 5 aliphatic rings. The van der Waals surface area contributed by atoms with Gasteiger partial charge in [0.2, 0.25) is 30.1 Å². The van der Waals surface area contributed by atoms with Crippen LogP contribution in [0.2, 0.25) is 5.02 Å². The third kappa shape index (κ3) is 15.2. The molecule has 6 aromatic carbocycles. The van der Waals surface area contributed by atoms with E-state index in [4.69, 9.17) is 11.6 Å². The Kier molecular flexibility index (Phi) is 20.6. The first-order chi connectivity index (χ1) is 44.9. The number of nitrogens with zero attached hydrogens (tertiary/aromatic N) is 4. The number of nitrogens with one attached hydrogen (secondary N) is 4. The molecule has 2 aliphatic carbocycles. The van der Waals surface area contributed by atoms with Gasteiger partial charge in [0, 0.05) is 91.2 Å². The Morgan fingerprint density at radius 2 is 1.01 bits per heavy atom. The molecule has 0 spiro atoms. The van der Waals surface area contributed by atoms with E-state index < -0.39 is 113 Å². The van der Waals surface area contributed by atoms with Crippen molar-refractivity contribution in [3.8, 4) is 0 Å². The van der Waals surface area contributed by atoms with E-state index in [1.54, 1.807) is 24.3 Å². The van der Waals surface area contributed by atoms with Gasteiger partial charge in [-0.1, -0.05) is 35.9 Å². The number of anilines is 3. The highest BCUT2D eigenvalue weighted by Crippen LogP contribution is 2.36. The maximum absolute atomic E-state index is 13.5.